The lowest BCUT2D eigenvalue weighted by Gasteiger charge is -2.18. The Morgan fingerprint density at radius 2 is 2.39 bits per heavy atom. The molecule has 0 amide bonds. The summed E-state index contributed by atoms with van der Waals surface area (Å²) < 4.78 is 5.30. The number of rotatable bonds is 3. The molecule has 1 atom stereocenters. The first-order chi connectivity index (χ1) is 8.44. The lowest BCUT2D eigenvalue weighted by molar-refractivity contribution is 0.00635. The quantitative estimate of drug-likeness (QED) is 0.854. The first-order valence-corrected chi connectivity index (χ1v) is 7.20. The van der Waals surface area contributed by atoms with Crippen molar-refractivity contribution in [3.63, 3.8) is 0 Å². The molecule has 1 unspecified atom stereocenters. The first-order valence-electron chi connectivity index (χ1n) is 6.32. The van der Waals surface area contributed by atoms with Crippen LogP contribution in [0.2, 0.25) is 0 Å². The Labute approximate surface area is 112 Å². The molecule has 1 fully saturated rings. The molecule has 5 heteroatoms. The summed E-state index contributed by atoms with van der Waals surface area (Å²) in [4.78, 5) is 16.2. The second-order valence-corrected chi connectivity index (χ2v) is 6.63. The van der Waals surface area contributed by atoms with E-state index < -0.39 is 5.60 Å². The molecule has 0 aliphatic carbocycles. The van der Waals surface area contributed by atoms with Crippen LogP contribution in [0.15, 0.2) is 5.38 Å². The van der Waals surface area contributed by atoms with Crippen molar-refractivity contribution in [2.75, 3.05) is 13.1 Å². The van der Waals surface area contributed by atoms with Gasteiger partial charge in [-0.05, 0) is 46.2 Å². The average Bonchev–Trinajstić information content (AvgIpc) is 2.86. The number of ether oxygens (including phenoxy) is 1. The van der Waals surface area contributed by atoms with Crippen LogP contribution in [-0.4, -0.2) is 29.6 Å². The van der Waals surface area contributed by atoms with Crippen LogP contribution in [0.4, 0.5) is 0 Å². The Kier molecular flexibility index (Phi) is 4.02. The molecule has 2 heterocycles. The zero-order valence-electron chi connectivity index (χ0n) is 11.2. The van der Waals surface area contributed by atoms with Gasteiger partial charge in [0.1, 0.15) is 5.60 Å². The highest BCUT2D eigenvalue weighted by atomic mass is 32.1. The lowest BCUT2D eigenvalue weighted by Crippen LogP contribution is -2.24. The molecule has 0 saturated carbocycles. The van der Waals surface area contributed by atoms with E-state index >= 15 is 0 Å². The molecule has 0 bridgehead atoms. The standard InChI is InChI=1S/C13H20N2O2S/c1-13(2,3)17-12(16)10-8-18-11(15-10)6-9-4-5-14-7-9/h8-9,14H,4-7H2,1-3H3. The maximum Gasteiger partial charge on any atom is 0.358 e. The zero-order valence-corrected chi connectivity index (χ0v) is 12.0. The number of esters is 1. The van der Waals surface area contributed by atoms with Gasteiger partial charge in [0.2, 0.25) is 0 Å². The minimum atomic E-state index is -0.462. The van der Waals surface area contributed by atoms with Crippen molar-refractivity contribution in [1.82, 2.24) is 10.3 Å². The van der Waals surface area contributed by atoms with Crippen LogP contribution >= 0.6 is 11.3 Å². The van der Waals surface area contributed by atoms with Gasteiger partial charge < -0.3 is 10.1 Å². The summed E-state index contributed by atoms with van der Waals surface area (Å²) in [7, 11) is 0. The smallest absolute Gasteiger partial charge is 0.358 e. The molecule has 0 radical (unpaired) electrons. The summed E-state index contributed by atoms with van der Waals surface area (Å²) in [6.45, 7) is 7.74. The van der Waals surface area contributed by atoms with Crippen molar-refractivity contribution < 1.29 is 9.53 Å². The van der Waals surface area contributed by atoms with Crippen molar-refractivity contribution in [2.45, 2.75) is 39.2 Å². The monoisotopic (exact) mass is 268 g/mol. The predicted molar refractivity (Wildman–Crippen MR) is 72.0 cm³/mol. The molecule has 1 aliphatic heterocycles. The summed E-state index contributed by atoms with van der Waals surface area (Å²) in [5.41, 5.74) is -0.0214. The van der Waals surface area contributed by atoms with Crippen LogP contribution in [0, 0.1) is 5.92 Å². The normalized spacial score (nSPS) is 20.1. The van der Waals surface area contributed by atoms with Gasteiger partial charge in [-0.25, -0.2) is 9.78 Å². The highest BCUT2D eigenvalue weighted by Gasteiger charge is 2.21. The highest BCUT2D eigenvalue weighted by Crippen LogP contribution is 2.20. The topological polar surface area (TPSA) is 51.2 Å². The molecule has 1 N–H and O–H groups in total. The molecule has 4 nitrogen and oxygen atoms in total. The number of carbonyl (C=O) groups is 1. The van der Waals surface area contributed by atoms with Crippen molar-refractivity contribution in [3.8, 4) is 0 Å². The minimum absolute atomic E-state index is 0.324. The molecule has 0 spiro atoms. The van der Waals surface area contributed by atoms with E-state index in [0.717, 1.165) is 24.5 Å². The van der Waals surface area contributed by atoms with Gasteiger partial charge in [0.25, 0.3) is 0 Å². The van der Waals surface area contributed by atoms with E-state index in [1.165, 1.54) is 6.42 Å². The van der Waals surface area contributed by atoms with Crippen LogP contribution in [0.5, 0.6) is 0 Å². The van der Waals surface area contributed by atoms with Gasteiger partial charge in [0.15, 0.2) is 5.69 Å². The van der Waals surface area contributed by atoms with Crippen molar-refractivity contribution in [1.29, 1.82) is 0 Å². The van der Waals surface area contributed by atoms with Gasteiger partial charge in [0.05, 0.1) is 5.01 Å². The number of thiazole rings is 1. The van der Waals surface area contributed by atoms with Gasteiger partial charge in [-0.15, -0.1) is 11.3 Å². The minimum Gasteiger partial charge on any atom is -0.455 e. The molecule has 100 valence electrons. The predicted octanol–water partition coefficient (Wildman–Crippen LogP) is 2.25. The summed E-state index contributed by atoms with van der Waals surface area (Å²) in [6, 6.07) is 0. The summed E-state index contributed by atoms with van der Waals surface area (Å²) in [6.07, 6.45) is 2.15. The fraction of sp³-hybridized carbons (Fsp3) is 0.692. The Bertz CT molecular complexity index is 417. The number of hydrogen-bond acceptors (Lipinski definition) is 5. The van der Waals surface area contributed by atoms with Gasteiger partial charge >= 0.3 is 5.97 Å². The molecule has 1 aromatic rings. The molecule has 1 aromatic heterocycles. The fourth-order valence-electron chi connectivity index (χ4n) is 1.96. The molecular weight excluding hydrogens is 248 g/mol. The fourth-order valence-corrected chi connectivity index (χ4v) is 2.84. The SMILES string of the molecule is CC(C)(C)OC(=O)c1csc(CC2CCNC2)n1. The number of nitrogens with zero attached hydrogens (tertiary/aromatic N) is 1. The van der Waals surface area contributed by atoms with Crippen LogP contribution < -0.4 is 5.32 Å². The second-order valence-electron chi connectivity index (χ2n) is 5.69. The molecule has 18 heavy (non-hydrogen) atoms. The molecule has 2 rings (SSSR count). The third-order valence-corrected chi connectivity index (χ3v) is 3.66. The Hall–Kier alpha value is -0.940. The van der Waals surface area contributed by atoms with E-state index in [-0.39, 0.29) is 5.97 Å². The van der Waals surface area contributed by atoms with E-state index in [4.69, 9.17) is 4.74 Å². The maximum atomic E-state index is 11.8. The van der Waals surface area contributed by atoms with Crippen molar-refractivity contribution in [2.24, 2.45) is 5.92 Å². The number of aromatic nitrogens is 1. The van der Waals surface area contributed by atoms with Crippen LogP contribution in [0.1, 0.15) is 42.7 Å². The third-order valence-electron chi connectivity index (χ3n) is 2.79. The van der Waals surface area contributed by atoms with Crippen molar-refractivity contribution in [3.05, 3.63) is 16.1 Å². The maximum absolute atomic E-state index is 11.8. The van der Waals surface area contributed by atoms with E-state index in [2.05, 4.69) is 10.3 Å². The number of carbonyl (C=O) groups excluding carboxylic acids is 1. The molecule has 1 aliphatic rings. The summed E-state index contributed by atoms with van der Waals surface area (Å²) in [5.74, 6) is 0.331. The number of hydrogen-bond donors (Lipinski definition) is 1. The van der Waals surface area contributed by atoms with Gasteiger partial charge in [-0.2, -0.15) is 0 Å². The number of nitrogens with one attached hydrogen (secondary N) is 1. The summed E-state index contributed by atoms with van der Waals surface area (Å²) >= 11 is 1.55. The van der Waals surface area contributed by atoms with Crippen molar-refractivity contribution >= 4 is 17.3 Å². The third kappa shape index (κ3) is 3.78. The molecule has 1 saturated heterocycles. The van der Waals surface area contributed by atoms with Crippen LogP contribution in [-0.2, 0) is 11.2 Å². The van der Waals surface area contributed by atoms with E-state index in [1.54, 1.807) is 16.7 Å². The first kappa shape index (κ1) is 13.5. The zero-order chi connectivity index (χ0) is 13.2. The van der Waals surface area contributed by atoms with Crippen LogP contribution in [0.3, 0.4) is 0 Å². The van der Waals surface area contributed by atoms with Gasteiger partial charge in [-0.1, -0.05) is 0 Å². The van der Waals surface area contributed by atoms with Gasteiger partial charge in [-0.3, -0.25) is 0 Å². The molecule has 0 aromatic carbocycles. The summed E-state index contributed by atoms with van der Waals surface area (Å²) in [5, 5.41) is 6.17. The second kappa shape index (κ2) is 5.36. The van der Waals surface area contributed by atoms with Crippen LogP contribution in [0.25, 0.3) is 0 Å². The van der Waals surface area contributed by atoms with E-state index in [9.17, 15) is 4.79 Å². The Morgan fingerprint density at radius 1 is 1.61 bits per heavy atom. The van der Waals surface area contributed by atoms with E-state index in [0.29, 0.717) is 11.6 Å². The average molecular weight is 268 g/mol. The highest BCUT2D eigenvalue weighted by molar-refractivity contribution is 7.09. The largest absolute Gasteiger partial charge is 0.455 e. The Morgan fingerprint density at radius 3 is 3.00 bits per heavy atom. The Balaban J connectivity index is 1.94. The molecular formula is C13H20N2O2S. The lowest BCUT2D eigenvalue weighted by atomic mass is 10.1. The van der Waals surface area contributed by atoms with E-state index in [1.807, 2.05) is 20.8 Å². The van der Waals surface area contributed by atoms with Gasteiger partial charge in [0, 0.05) is 11.8 Å².